The van der Waals surface area contributed by atoms with Gasteiger partial charge in [-0.3, -0.25) is 19.4 Å². The van der Waals surface area contributed by atoms with Crippen molar-refractivity contribution in [2.75, 3.05) is 17.6 Å². The number of rotatable bonds is 10. The molecule has 3 rings (SSSR count). The highest BCUT2D eigenvalue weighted by Gasteiger charge is 2.30. The monoisotopic (exact) mass is 477 g/mol. The van der Waals surface area contributed by atoms with E-state index < -0.39 is 30.3 Å². The van der Waals surface area contributed by atoms with Gasteiger partial charge in [0.25, 0.3) is 11.5 Å². The average molecular weight is 477 g/mol. The summed E-state index contributed by atoms with van der Waals surface area (Å²) in [5.41, 5.74) is 7.40. The third-order valence-electron chi connectivity index (χ3n) is 5.23. The van der Waals surface area contributed by atoms with Crippen LogP contribution in [0.2, 0.25) is 0 Å². The molecule has 2 aromatic carbocycles. The van der Waals surface area contributed by atoms with E-state index in [1.807, 2.05) is 0 Å². The Morgan fingerprint density at radius 1 is 1.17 bits per heavy atom. The fourth-order valence-electron chi connectivity index (χ4n) is 3.51. The number of benzene rings is 2. The lowest BCUT2D eigenvalue weighted by Gasteiger charge is -2.27. The number of amides is 1. The van der Waals surface area contributed by atoms with Crippen molar-refractivity contribution in [1.82, 2.24) is 14.9 Å². The SMILES string of the molecule is C#CCN(C(=O)c1ccc(NCc2ccc3nc(N)[nH]c(=O)c3c2)cc1)[C@@H](CCC(=O)O)C(=O)O. The minimum atomic E-state index is -1.37. The Kier molecular flexibility index (Phi) is 7.68. The van der Waals surface area contributed by atoms with Crippen molar-refractivity contribution in [1.29, 1.82) is 0 Å². The molecule has 1 amide bonds. The van der Waals surface area contributed by atoms with Gasteiger partial charge in [0.2, 0.25) is 5.95 Å². The number of anilines is 2. The van der Waals surface area contributed by atoms with E-state index in [0.29, 0.717) is 23.1 Å². The van der Waals surface area contributed by atoms with Crippen molar-refractivity contribution >= 4 is 40.4 Å². The van der Waals surface area contributed by atoms with Crippen molar-refractivity contribution in [3.63, 3.8) is 0 Å². The second-order valence-electron chi connectivity index (χ2n) is 7.66. The van der Waals surface area contributed by atoms with Gasteiger partial charge in [0.1, 0.15) is 6.04 Å². The number of aromatic nitrogens is 2. The highest BCUT2D eigenvalue weighted by atomic mass is 16.4. The topological polar surface area (TPSA) is 179 Å². The number of carbonyl (C=O) groups excluding carboxylic acids is 1. The van der Waals surface area contributed by atoms with Crippen LogP contribution in [-0.2, 0) is 16.1 Å². The minimum Gasteiger partial charge on any atom is -0.481 e. The van der Waals surface area contributed by atoms with Crippen molar-refractivity contribution in [2.45, 2.75) is 25.4 Å². The average Bonchev–Trinajstić information content (AvgIpc) is 2.82. The Morgan fingerprint density at radius 2 is 1.89 bits per heavy atom. The Morgan fingerprint density at radius 3 is 2.51 bits per heavy atom. The second-order valence-corrected chi connectivity index (χ2v) is 7.66. The molecular formula is C24H23N5O6. The summed E-state index contributed by atoms with van der Waals surface area (Å²) in [6.45, 7) is 0.101. The normalized spacial score (nSPS) is 11.4. The number of nitrogens with two attached hydrogens (primary N) is 1. The molecule has 0 radical (unpaired) electrons. The Labute approximate surface area is 199 Å². The minimum absolute atomic E-state index is 0.0420. The summed E-state index contributed by atoms with van der Waals surface area (Å²) < 4.78 is 0. The van der Waals surface area contributed by atoms with Crippen molar-refractivity contribution in [3.05, 3.63) is 63.9 Å². The molecule has 0 fully saturated rings. The van der Waals surface area contributed by atoms with Crippen LogP contribution in [0.3, 0.4) is 0 Å². The van der Waals surface area contributed by atoms with E-state index in [1.54, 1.807) is 30.3 Å². The molecular weight excluding hydrogens is 454 g/mol. The maximum absolute atomic E-state index is 12.9. The number of nitrogens with zero attached hydrogens (tertiary/aromatic N) is 2. The van der Waals surface area contributed by atoms with Crippen molar-refractivity contribution < 1.29 is 24.6 Å². The number of aliphatic carboxylic acids is 2. The number of aromatic amines is 1. The van der Waals surface area contributed by atoms with Gasteiger partial charge in [-0.05, 0) is 48.4 Å². The number of carbonyl (C=O) groups is 3. The van der Waals surface area contributed by atoms with Crippen LogP contribution in [0, 0.1) is 12.3 Å². The van der Waals surface area contributed by atoms with Crippen molar-refractivity contribution in [3.8, 4) is 12.3 Å². The summed E-state index contributed by atoms with van der Waals surface area (Å²) in [7, 11) is 0. The molecule has 35 heavy (non-hydrogen) atoms. The lowest BCUT2D eigenvalue weighted by molar-refractivity contribution is -0.143. The van der Waals surface area contributed by atoms with Gasteiger partial charge in [0.15, 0.2) is 0 Å². The smallest absolute Gasteiger partial charge is 0.326 e. The highest BCUT2D eigenvalue weighted by molar-refractivity contribution is 5.97. The van der Waals surface area contributed by atoms with E-state index in [-0.39, 0.29) is 30.0 Å². The van der Waals surface area contributed by atoms with Crippen LogP contribution in [0.25, 0.3) is 10.9 Å². The Hall–Kier alpha value is -4.85. The molecule has 11 nitrogen and oxygen atoms in total. The Balaban J connectivity index is 1.72. The number of hydrogen-bond donors (Lipinski definition) is 5. The number of nitrogens with one attached hydrogen (secondary N) is 2. The predicted octanol–water partition coefficient (Wildman–Crippen LogP) is 1.51. The van der Waals surface area contributed by atoms with Crippen LogP contribution in [0.1, 0.15) is 28.8 Å². The molecule has 0 saturated carbocycles. The van der Waals surface area contributed by atoms with Gasteiger partial charge in [0, 0.05) is 24.2 Å². The molecule has 11 heteroatoms. The number of hydrogen-bond acceptors (Lipinski definition) is 7. The fraction of sp³-hybridized carbons (Fsp3) is 0.208. The number of carboxylic acids is 2. The second kappa shape index (κ2) is 10.8. The first kappa shape index (κ1) is 24.8. The van der Waals surface area contributed by atoms with Gasteiger partial charge in [-0.1, -0.05) is 12.0 Å². The first-order valence-electron chi connectivity index (χ1n) is 10.5. The molecule has 0 unspecified atom stereocenters. The van der Waals surface area contributed by atoms with E-state index >= 15 is 0 Å². The van der Waals surface area contributed by atoms with Gasteiger partial charge >= 0.3 is 11.9 Å². The standard InChI is InChI=1S/C24H23N5O6/c1-2-11-29(19(23(34)35)9-10-20(30)31)22(33)15-4-6-16(7-5-15)26-13-14-3-8-18-17(12-14)21(32)28-24(25)27-18/h1,3-8,12,19,26H,9-11,13H2,(H,30,31)(H,34,35)(H3,25,27,28,32)/t19-/m0/s1. The first-order chi connectivity index (χ1) is 16.7. The molecule has 6 N–H and O–H groups in total. The zero-order chi connectivity index (χ0) is 25.5. The molecule has 0 aliphatic heterocycles. The van der Waals surface area contributed by atoms with E-state index in [9.17, 15) is 24.3 Å². The zero-order valence-electron chi connectivity index (χ0n) is 18.5. The van der Waals surface area contributed by atoms with E-state index in [0.717, 1.165) is 10.5 Å². The molecule has 0 spiro atoms. The van der Waals surface area contributed by atoms with E-state index in [4.69, 9.17) is 17.3 Å². The zero-order valence-corrected chi connectivity index (χ0v) is 18.5. The summed E-state index contributed by atoms with van der Waals surface area (Å²) in [5, 5.41) is 22.0. The molecule has 0 aliphatic carbocycles. The van der Waals surface area contributed by atoms with Gasteiger partial charge < -0.3 is 26.2 Å². The third kappa shape index (κ3) is 6.14. The summed E-state index contributed by atoms with van der Waals surface area (Å²) in [6, 6.07) is 10.2. The lowest BCUT2D eigenvalue weighted by atomic mass is 10.1. The van der Waals surface area contributed by atoms with Gasteiger partial charge in [0.05, 0.1) is 17.4 Å². The van der Waals surface area contributed by atoms with Gasteiger partial charge in [-0.15, -0.1) is 6.42 Å². The van der Waals surface area contributed by atoms with E-state index in [1.165, 1.54) is 12.1 Å². The molecule has 180 valence electrons. The molecule has 0 saturated heterocycles. The largest absolute Gasteiger partial charge is 0.481 e. The van der Waals surface area contributed by atoms with Crippen LogP contribution in [0.5, 0.6) is 0 Å². The number of carboxylic acid groups (broad SMARTS) is 2. The summed E-state index contributed by atoms with van der Waals surface area (Å²) in [4.78, 5) is 55.1. The number of fused-ring (bicyclic) bond motifs is 1. The predicted molar refractivity (Wildman–Crippen MR) is 129 cm³/mol. The van der Waals surface area contributed by atoms with Gasteiger partial charge in [-0.2, -0.15) is 0 Å². The van der Waals surface area contributed by atoms with Crippen molar-refractivity contribution in [2.24, 2.45) is 0 Å². The number of nitrogen functional groups attached to an aromatic ring is 1. The molecule has 3 aromatic rings. The fourth-order valence-corrected chi connectivity index (χ4v) is 3.51. The first-order valence-corrected chi connectivity index (χ1v) is 10.5. The summed E-state index contributed by atoms with van der Waals surface area (Å²) in [5.74, 6) is -0.822. The van der Waals surface area contributed by atoms with E-state index in [2.05, 4.69) is 21.2 Å². The summed E-state index contributed by atoms with van der Waals surface area (Å²) in [6.07, 6.45) is 4.63. The highest BCUT2D eigenvalue weighted by Crippen LogP contribution is 2.17. The van der Waals surface area contributed by atoms with Gasteiger partial charge in [-0.25, -0.2) is 9.78 Å². The third-order valence-corrected chi connectivity index (χ3v) is 5.23. The van der Waals surface area contributed by atoms with Crippen LogP contribution in [-0.4, -0.2) is 55.5 Å². The lowest BCUT2D eigenvalue weighted by Crippen LogP contribution is -2.45. The maximum atomic E-state index is 12.9. The maximum Gasteiger partial charge on any atom is 0.326 e. The molecule has 0 bridgehead atoms. The van der Waals surface area contributed by atoms with Crippen LogP contribution in [0.4, 0.5) is 11.6 Å². The van der Waals surface area contributed by atoms with Crippen LogP contribution >= 0.6 is 0 Å². The number of H-pyrrole nitrogens is 1. The molecule has 0 aliphatic rings. The molecule has 1 atom stereocenters. The quantitative estimate of drug-likeness (QED) is 0.271. The van der Waals surface area contributed by atoms with Crippen LogP contribution in [0.15, 0.2) is 47.3 Å². The van der Waals surface area contributed by atoms with Crippen LogP contribution < -0.4 is 16.6 Å². The summed E-state index contributed by atoms with van der Waals surface area (Å²) >= 11 is 0. The molecule has 1 heterocycles. The number of terminal acetylenes is 1. The molecule has 1 aromatic heterocycles. The Bertz CT molecular complexity index is 1360.